The van der Waals surface area contributed by atoms with Gasteiger partial charge in [0.2, 0.25) is 5.88 Å². The Kier molecular flexibility index (Phi) is 5.99. The van der Waals surface area contributed by atoms with E-state index >= 15 is 0 Å². The third-order valence-corrected chi connectivity index (χ3v) is 3.70. The predicted molar refractivity (Wildman–Crippen MR) is 85.9 cm³/mol. The van der Waals surface area contributed by atoms with Gasteiger partial charge in [0.25, 0.3) is 0 Å². The lowest BCUT2D eigenvalue weighted by Crippen LogP contribution is -2.34. The molecular weight excluding hydrogens is 264 g/mol. The number of likely N-dealkylation sites (tertiary alicyclic amines) is 1. The van der Waals surface area contributed by atoms with Gasteiger partial charge in [-0.05, 0) is 38.8 Å². The van der Waals surface area contributed by atoms with Crippen molar-refractivity contribution in [1.29, 1.82) is 0 Å². The van der Waals surface area contributed by atoms with Crippen LogP contribution in [-0.4, -0.2) is 54.7 Å². The normalized spacial score (nSPS) is 16.7. The van der Waals surface area contributed by atoms with Crippen LogP contribution in [0.4, 0.5) is 5.82 Å². The molecule has 1 aromatic rings. The van der Waals surface area contributed by atoms with E-state index in [-0.39, 0.29) is 6.10 Å². The summed E-state index contributed by atoms with van der Waals surface area (Å²) in [6.07, 6.45) is 10.0. The average Bonchev–Trinajstić information content (AvgIpc) is 2.98. The van der Waals surface area contributed by atoms with E-state index in [9.17, 15) is 0 Å². The molecule has 2 heterocycles. The lowest BCUT2D eigenvalue weighted by atomic mass is 10.2. The highest BCUT2D eigenvalue weighted by atomic mass is 16.5. The van der Waals surface area contributed by atoms with Gasteiger partial charge in [-0.25, -0.2) is 0 Å². The van der Waals surface area contributed by atoms with Crippen molar-refractivity contribution in [2.75, 3.05) is 38.6 Å². The summed E-state index contributed by atoms with van der Waals surface area (Å²) >= 11 is 0. The van der Waals surface area contributed by atoms with E-state index in [1.165, 1.54) is 25.9 Å². The molecule has 1 aliphatic heterocycles. The number of aromatic nitrogens is 2. The van der Waals surface area contributed by atoms with E-state index < -0.39 is 0 Å². The Hall–Kier alpha value is -1.62. The quantitative estimate of drug-likeness (QED) is 0.687. The van der Waals surface area contributed by atoms with E-state index in [1.54, 1.807) is 12.4 Å². The molecule has 116 valence electrons. The molecule has 0 aliphatic carbocycles. The Bertz CT molecular complexity index is 444. The standard InChI is InChI=1S/C16H26N4O/c1-4-5-8-14(13-20-9-6-7-10-20)21-16-12-17-11-15(18-16)19(2)3/h4,11-12,14H,1,5-10,13H2,2-3H3/t14-/m1/s1. The molecule has 0 bridgehead atoms. The monoisotopic (exact) mass is 290 g/mol. The van der Waals surface area contributed by atoms with Crippen LogP contribution in [0.1, 0.15) is 25.7 Å². The van der Waals surface area contributed by atoms with Gasteiger partial charge >= 0.3 is 0 Å². The fraction of sp³-hybridized carbons (Fsp3) is 0.625. The molecule has 5 nitrogen and oxygen atoms in total. The highest BCUT2D eigenvalue weighted by Crippen LogP contribution is 2.17. The minimum absolute atomic E-state index is 0.146. The highest BCUT2D eigenvalue weighted by Gasteiger charge is 2.19. The van der Waals surface area contributed by atoms with Crippen LogP contribution < -0.4 is 9.64 Å². The molecule has 0 radical (unpaired) electrons. The first-order valence-corrected chi connectivity index (χ1v) is 7.68. The van der Waals surface area contributed by atoms with Gasteiger partial charge in [0.15, 0.2) is 5.82 Å². The van der Waals surface area contributed by atoms with Crippen molar-refractivity contribution in [3.8, 4) is 5.88 Å². The van der Waals surface area contributed by atoms with Crippen molar-refractivity contribution in [2.45, 2.75) is 31.8 Å². The molecule has 0 aromatic carbocycles. The highest BCUT2D eigenvalue weighted by molar-refractivity contribution is 5.34. The van der Waals surface area contributed by atoms with Crippen LogP contribution in [0.25, 0.3) is 0 Å². The molecule has 1 saturated heterocycles. The van der Waals surface area contributed by atoms with Gasteiger partial charge in [0.1, 0.15) is 6.10 Å². The summed E-state index contributed by atoms with van der Waals surface area (Å²) in [4.78, 5) is 13.1. The number of rotatable bonds is 8. The third kappa shape index (κ3) is 5.01. The molecule has 5 heteroatoms. The lowest BCUT2D eigenvalue weighted by molar-refractivity contribution is 0.134. The summed E-state index contributed by atoms with van der Waals surface area (Å²) in [6.45, 7) is 7.12. The van der Waals surface area contributed by atoms with Crippen LogP contribution in [0.3, 0.4) is 0 Å². The van der Waals surface area contributed by atoms with Gasteiger partial charge in [-0.1, -0.05) is 6.08 Å². The van der Waals surface area contributed by atoms with Crippen LogP contribution in [0.5, 0.6) is 5.88 Å². The van der Waals surface area contributed by atoms with Crippen molar-refractivity contribution in [2.24, 2.45) is 0 Å². The number of hydrogen-bond acceptors (Lipinski definition) is 5. The first-order chi connectivity index (χ1) is 10.2. The molecule has 0 spiro atoms. The summed E-state index contributed by atoms with van der Waals surface area (Å²) in [6, 6.07) is 0. The van der Waals surface area contributed by atoms with Gasteiger partial charge in [-0.15, -0.1) is 6.58 Å². The Morgan fingerprint density at radius 3 is 2.81 bits per heavy atom. The average molecular weight is 290 g/mol. The van der Waals surface area contributed by atoms with Gasteiger partial charge in [0, 0.05) is 20.6 Å². The topological polar surface area (TPSA) is 41.5 Å². The summed E-state index contributed by atoms with van der Waals surface area (Å²) in [5.74, 6) is 1.42. The van der Waals surface area contributed by atoms with Crippen molar-refractivity contribution >= 4 is 5.82 Å². The smallest absolute Gasteiger partial charge is 0.234 e. The predicted octanol–water partition coefficient (Wildman–Crippen LogP) is 2.35. The number of hydrogen-bond donors (Lipinski definition) is 0. The molecule has 2 rings (SSSR count). The fourth-order valence-corrected chi connectivity index (χ4v) is 2.53. The lowest BCUT2D eigenvalue weighted by Gasteiger charge is -2.24. The maximum absolute atomic E-state index is 6.08. The second-order valence-corrected chi connectivity index (χ2v) is 5.72. The Labute approximate surface area is 127 Å². The minimum atomic E-state index is 0.146. The largest absolute Gasteiger partial charge is 0.472 e. The molecule has 1 fully saturated rings. The first-order valence-electron chi connectivity index (χ1n) is 7.68. The number of anilines is 1. The second kappa shape index (κ2) is 7.98. The molecule has 1 aliphatic rings. The summed E-state index contributed by atoms with van der Waals surface area (Å²) in [5.41, 5.74) is 0. The third-order valence-electron chi connectivity index (χ3n) is 3.70. The van der Waals surface area contributed by atoms with Crippen molar-refractivity contribution in [3.63, 3.8) is 0 Å². The SMILES string of the molecule is C=CCC[C@H](CN1CCCC1)Oc1cncc(N(C)C)n1. The first kappa shape index (κ1) is 15.8. The Balaban J connectivity index is 1.98. The van der Waals surface area contributed by atoms with Crippen LogP contribution in [0.15, 0.2) is 25.0 Å². The van der Waals surface area contributed by atoms with E-state index in [0.717, 1.165) is 25.2 Å². The summed E-state index contributed by atoms with van der Waals surface area (Å²) < 4.78 is 6.08. The van der Waals surface area contributed by atoms with E-state index in [4.69, 9.17) is 4.74 Å². The number of allylic oxidation sites excluding steroid dienone is 1. The zero-order valence-corrected chi connectivity index (χ0v) is 13.2. The number of ether oxygens (including phenoxy) is 1. The summed E-state index contributed by atoms with van der Waals surface area (Å²) in [7, 11) is 3.90. The van der Waals surface area contributed by atoms with Crippen molar-refractivity contribution < 1.29 is 4.74 Å². The van der Waals surface area contributed by atoms with Gasteiger partial charge in [-0.2, -0.15) is 4.98 Å². The van der Waals surface area contributed by atoms with Crippen molar-refractivity contribution in [1.82, 2.24) is 14.9 Å². The zero-order chi connectivity index (χ0) is 15.1. The van der Waals surface area contributed by atoms with Gasteiger partial charge < -0.3 is 9.64 Å². The van der Waals surface area contributed by atoms with Gasteiger partial charge in [0.05, 0.1) is 12.4 Å². The Morgan fingerprint density at radius 2 is 2.14 bits per heavy atom. The van der Waals surface area contributed by atoms with Gasteiger partial charge in [-0.3, -0.25) is 9.88 Å². The molecule has 1 aromatic heterocycles. The maximum Gasteiger partial charge on any atom is 0.234 e. The minimum Gasteiger partial charge on any atom is -0.472 e. The van der Waals surface area contributed by atoms with Crippen molar-refractivity contribution in [3.05, 3.63) is 25.0 Å². The van der Waals surface area contributed by atoms with E-state index in [2.05, 4.69) is 21.4 Å². The van der Waals surface area contributed by atoms with Crippen LogP contribution >= 0.6 is 0 Å². The maximum atomic E-state index is 6.08. The molecule has 1 atom stereocenters. The fourth-order valence-electron chi connectivity index (χ4n) is 2.53. The molecule has 0 saturated carbocycles. The molecular formula is C16H26N4O. The zero-order valence-electron chi connectivity index (χ0n) is 13.2. The van der Waals surface area contributed by atoms with Crippen LogP contribution in [0.2, 0.25) is 0 Å². The van der Waals surface area contributed by atoms with Crippen LogP contribution in [-0.2, 0) is 0 Å². The number of nitrogens with zero attached hydrogens (tertiary/aromatic N) is 4. The molecule has 0 N–H and O–H groups in total. The second-order valence-electron chi connectivity index (χ2n) is 5.72. The molecule has 21 heavy (non-hydrogen) atoms. The van der Waals surface area contributed by atoms with E-state index in [0.29, 0.717) is 5.88 Å². The van der Waals surface area contributed by atoms with Crippen LogP contribution in [0, 0.1) is 0 Å². The molecule has 0 unspecified atom stereocenters. The molecule has 0 amide bonds. The van der Waals surface area contributed by atoms with E-state index in [1.807, 2.05) is 25.1 Å². The Morgan fingerprint density at radius 1 is 1.38 bits per heavy atom. The summed E-state index contributed by atoms with van der Waals surface area (Å²) in [5, 5.41) is 0.